The van der Waals surface area contributed by atoms with Crippen molar-refractivity contribution in [2.75, 3.05) is 13.1 Å². The molecule has 94 valence electrons. The lowest BCUT2D eigenvalue weighted by Crippen LogP contribution is -2.65. The van der Waals surface area contributed by atoms with E-state index >= 15 is 0 Å². The normalized spacial score (nSPS) is 32.6. The predicted molar refractivity (Wildman–Crippen MR) is 69.7 cm³/mol. The molecule has 1 saturated heterocycles. The molecule has 0 bridgehead atoms. The van der Waals surface area contributed by atoms with Gasteiger partial charge in [-0.15, -0.1) is 0 Å². The first-order valence-corrected chi connectivity index (χ1v) is 7.12. The van der Waals surface area contributed by atoms with Crippen molar-refractivity contribution < 1.29 is 0 Å². The van der Waals surface area contributed by atoms with Crippen LogP contribution in [0.3, 0.4) is 0 Å². The van der Waals surface area contributed by atoms with E-state index in [1.807, 2.05) is 0 Å². The lowest BCUT2D eigenvalue weighted by atomic mass is 9.87. The van der Waals surface area contributed by atoms with Crippen LogP contribution < -0.4 is 5.32 Å². The van der Waals surface area contributed by atoms with E-state index in [-0.39, 0.29) is 0 Å². The van der Waals surface area contributed by atoms with Crippen LogP contribution >= 0.6 is 0 Å². The molecule has 2 atom stereocenters. The van der Waals surface area contributed by atoms with E-state index in [1.165, 1.54) is 38.8 Å². The molecule has 1 aliphatic heterocycles. The highest BCUT2D eigenvalue weighted by Gasteiger charge is 2.41. The quantitative estimate of drug-likeness (QED) is 0.790. The maximum absolute atomic E-state index is 3.78. The van der Waals surface area contributed by atoms with E-state index < -0.39 is 0 Å². The number of nitrogens with zero attached hydrogens (tertiary/aromatic N) is 1. The zero-order chi connectivity index (χ0) is 11.8. The van der Waals surface area contributed by atoms with Gasteiger partial charge < -0.3 is 5.32 Å². The average Bonchev–Trinajstić information content (AvgIpc) is 3.13. The summed E-state index contributed by atoms with van der Waals surface area (Å²) in [5.41, 5.74) is 0.385. The molecule has 2 nitrogen and oxygen atoms in total. The summed E-state index contributed by atoms with van der Waals surface area (Å²) in [6.07, 6.45) is 5.43. The molecule has 2 rings (SSSR count). The van der Waals surface area contributed by atoms with Crippen LogP contribution in [-0.2, 0) is 0 Å². The van der Waals surface area contributed by atoms with Gasteiger partial charge in [0.1, 0.15) is 0 Å². The third kappa shape index (κ3) is 2.28. The van der Waals surface area contributed by atoms with Gasteiger partial charge in [0.2, 0.25) is 0 Å². The third-order valence-corrected chi connectivity index (χ3v) is 5.00. The van der Waals surface area contributed by atoms with Gasteiger partial charge in [-0.1, -0.05) is 13.8 Å². The van der Waals surface area contributed by atoms with Crippen molar-refractivity contribution in [3.8, 4) is 0 Å². The monoisotopic (exact) mass is 224 g/mol. The summed E-state index contributed by atoms with van der Waals surface area (Å²) < 4.78 is 0. The molecular weight excluding hydrogens is 196 g/mol. The number of hydrogen-bond donors (Lipinski definition) is 1. The van der Waals surface area contributed by atoms with Gasteiger partial charge in [0, 0.05) is 30.7 Å². The van der Waals surface area contributed by atoms with Crippen molar-refractivity contribution in [2.24, 2.45) is 5.92 Å². The lowest BCUT2D eigenvalue weighted by molar-refractivity contribution is 0.0426. The van der Waals surface area contributed by atoms with Gasteiger partial charge in [0.15, 0.2) is 0 Å². The minimum atomic E-state index is 0.385. The number of nitrogens with one attached hydrogen (secondary N) is 1. The van der Waals surface area contributed by atoms with Crippen LogP contribution in [-0.4, -0.2) is 35.6 Å². The molecule has 2 aliphatic rings. The molecule has 2 heteroatoms. The van der Waals surface area contributed by atoms with Crippen LogP contribution in [0.25, 0.3) is 0 Å². The molecule has 0 spiro atoms. The van der Waals surface area contributed by atoms with E-state index in [4.69, 9.17) is 0 Å². The standard InChI is InChI=1S/C14H28N2/c1-5-14(6-2)10-16(11(3)9-15-14)12(4)13-7-8-13/h11-13,15H,5-10H2,1-4H3. The summed E-state index contributed by atoms with van der Waals surface area (Å²) in [5.74, 6) is 0.993. The number of hydrogen-bond acceptors (Lipinski definition) is 2. The Bertz CT molecular complexity index is 231. The Morgan fingerprint density at radius 2 is 1.94 bits per heavy atom. The maximum Gasteiger partial charge on any atom is 0.0304 e. The van der Waals surface area contributed by atoms with Crippen LogP contribution in [0, 0.1) is 5.92 Å². The Kier molecular flexibility index (Phi) is 3.60. The molecule has 2 fully saturated rings. The van der Waals surface area contributed by atoms with E-state index in [1.54, 1.807) is 0 Å². The van der Waals surface area contributed by atoms with Crippen LogP contribution in [0.15, 0.2) is 0 Å². The van der Waals surface area contributed by atoms with Gasteiger partial charge in [-0.2, -0.15) is 0 Å². The molecule has 2 unspecified atom stereocenters. The highest BCUT2D eigenvalue weighted by atomic mass is 15.3. The molecule has 0 aromatic rings. The fourth-order valence-corrected chi connectivity index (χ4v) is 3.16. The molecular formula is C14H28N2. The van der Waals surface area contributed by atoms with Gasteiger partial charge >= 0.3 is 0 Å². The van der Waals surface area contributed by atoms with E-state index in [0.717, 1.165) is 12.0 Å². The topological polar surface area (TPSA) is 15.3 Å². The molecule has 16 heavy (non-hydrogen) atoms. The largest absolute Gasteiger partial charge is 0.308 e. The van der Waals surface area contributed by atoms with Crippen LogP contribution in [0.1, 0.15) is 53.4 Å². The molecule has 1 aliphatic carbocycles. The summed E-state index contributed by atoms with van der Waals surface area (Å²) in [7, 11) is 0. The van der Waals surface area contributed by atoms with Gasteiger partial charge in [-0.05, 0) is 45.4 Å². The first-order valence-electron chi connectivity index (χ1n) is 7.12. The van der Waals surface area contributed by atoms with Crippen LogP contribution in [0.5, 0.6) is 0 Å². The van der Waals surface area contributed by atoms with Crippen molar-refractivity contribution in [3.63, 3.8) is 0 Å². The fraction of sp³-hybridized carbons (Fsp3) is 1.00. The van der Waals surface area contributed by atoms with Crippen LogP contribution in [0.4, 0.5) is 0 Å². The first kappa shape index (κ1) is 12.4. The average molecular weight is 224 g/mol. The highest BCUT2D eigenvalue weighted by Crippen LogP contribution is 2.37. The second-order valence-electron chi connectivity index (χ2n) is 5.97. The predicted octanol–water partition coefficient (Wildman–Crippen LogP) is 2.64. The Hall–Kier alpha value is -0.0800. The smallest absolute Gasteiger partial charge is 0.0304 e. The van der Waals surface area contributed by atoms with Crippen LogP contribution in [0.2, 0.25) is 0 Å². The molecule has 0 aromatic heterocycles. The van der Waals surface area contributed by atoms with Gasteiger partial charge in [0.25, 0.3) is 0 Å². The van der Waals surface area contributed by atoms with Gasteiger partial charge in [-0.25, -0.2) is 0 Å². The second kappa shape index (κ2) is 4.66. The number of rotatable bonds is 4. The summed E-state index contributed by atoms with van der Waals surface area (Å²) in [4.78, 5) is 2.77. The summed E-state index contributed by atoms with van der Waals surface area (Å²) in [5, 5.41) is 3.78. The molecule has 1 N–H and O–H groups in total. The highest BCUT2D eigenvalue weighted by molar-refractivity contribution is 4.99. The SMILES string of the molecule is CCC1(CC)CN(C(C)C2CC2)C(C)CN1. The van der Waals surface area contributed by atoms with Gasteiger partial charge in [-0.3, -0.25) is 4.90 Å². The van der Waals surface area contributed by atoms with E-state index in [2.05, 4.69) is 37.9 Å². The van der Waals surface area contributed by atoms with Gasteiger partial charge in [0.05, 0.1) is 0 Å². The maximum atomic E-state index is 3.78. The van der Waals surface area contributed by atoms with Crippen molar-refractivity contribution in [1.29, 1.82) is 0 Å². The lowest BCUT2D eigenvalue weighted by Gasteiger charge is -2.49. The zero-order valence-corrected chi connectivity index (χ0v) is 11.4. The Balaban J connectivity index is 2.04. The molecule has 1 heterocycles. The van der Waals surface area contributed by atoms with E-state index in [0.29, 0.717) is 11.6 Å². The fourth-order valence-electron chi connectivity index (χ4n) is 3.16. The summed E-state index contributed by atoms with van der Waals surface area (Å²) >= 11 is 0. The molecule has 0 amide bonds. The Morgan fingerprint density at radius 1 is 1.31 bits per heavy atom. The van der Waals surface area contributed by atoms with Crippen molar-refractivity contribution in [3.05, 3.63) is 0 Å². The molecule has 1 saturated carbocycles. The second-order valence-corrected chi connectivity index (χ2v) is 5.97. The Labute approximate surface area is 101 Å². The number of piperazine rings is 1. The Morgan fingerprint density at radius 3 is 2.44 bits per heavy atom. The third-order valence-electron chi connectivity index (χ3n) is 5.00. The van der Waals surface area contributed by atoms with Crippen molar-refractivity contribution >= 4 is 0 Å². The molecule has 0 aromatic carbocycles. The van der Waals surface area contributed by atoms with E-state index in [9.17, 15) is 0 Å². The summed E-state index contributed by atoms with van der Waals surface area (Å²) in [6.45, 7) is 11.9. The van der Waals surface area contributed by atoms with Crippen molar-refractivity contribution in [2.45, 2.75) is 71.0 Å². The minimum Gasteiger partial charge on any atom is -0.308 e. The van der Waals surface area contributed by atoms with Crippen molar-refractivity contribution in [1.82, 2.24) is 10.2 Å². The molecule has 0 radical (unpaired) electrons. The minimum absolute atomic E-state index is 0.385. The summed E-state index contributed by atoms with van der Waals surface area (Å²) in [6, 6.07) is 1.51. The zero-order valence-electron chi connectivity index (χ0n) is 11.4. The first-order chi connectivity index (χ1) is 7.62.